The molecule has 0 radical (unpaired) electrons. The van der Waals surface area contributed by atoms with Crippen LogP contribution in [0.4, 0.5) is 0 Å². The van der Waals surface area contributed by atoms with Crippen molar-refractivity contribution in [3.63, 3.8) is 0 Å². The molecule has 6 nitrogen and oxygen atoms in total. The van der Waals surface area contributed by atoms with Gasteiger partial charge >= 0.3 is 0 Å². The highest BCUT2D eigenvalue weighted by Crippen LogP contribution is 2.33. The van der Waals surface area contributed by atoms with Crippen molar-refractivity contribution < 1.29 is 19.0 Å². The largest absolute Gasteiger partial charge is 0.493 e. The molecule has 0 aromatic heterocycles. The summed E-state index contributed by atoms with van der Waals surface area (Å²) >= 11 is 1.40. The van der Waals surface area contributed by atoms with Crippen LogP contribution in [0.3, 0.4) is 0 Å². The number of hydrogen-bond donors (Lipinski definition) is 0. The summed E-state index contributed by atoms with van der Waals surface area (Å²) in [5, 5.41) is 0.755. The van der Waals surface area contributed by atoms with E-state index in [1.165, 1.54) is 11.8 Å². The number of ether oxygens (including phenoxy) is 3. The van der Waals surface area contributed by atoms with Gasteiger partial charge in [-0.1, -0.05) is 6.07 Å². The van der Waals surface area contributed by atoms with Gasteiger partial charge in [-0.15, -0.1) is 0 Å². The van der Waals surface area contributed by atoms with Gasteiger partial charge in [0, 0.05) is 13.1 Å². The van der Waals surface area contributed by atoms with Gasteiger partial charge in [0.2, 0.25) is 0 Å². The molecular formula is C16H18N2O4S. The number of morpholine rings is 1. The van der Waals surface area contributed by atoms with Crippen LogP contribution in [0.2, 0.25) is 0 Å². The van der Waals surface area contributed by atoms with Gasteiger partial charge in [0.25, 0.3) is 5.91 Å². The van der Waals surface area contributed by atoms with Gasteiger partial charge in [-0.2, -0.15) is 4.99 Å². The molecule has 0 spiro atoms. The molecule has 0 saturated carbocycles. The predicted octanol–water partition coefficient (Wildman–Crippen LogP) is 2.01. The number of amides is 1. The van der Waals surface area contributed by atoms with Crippen LogP contribution < -0.4 is 9.47 Å². The molecule has 23 heavy (non-hydrogen) atoms. The van der Waals surface area contributed by atoms with E-state index in [0.717, 1.165) is 23.8 Å². The molecule has 2 aliphatic rings. The van der Waals surface area contributed by atoms with E-state index >= 15 is 0 Å². The molecule has 0 unspecified atom stereocenters. The second-order valence-corrected chi connectivity index (χ2v) is 6.03. The summed E-state index contributed by atoms with van der Waals surface area (Å²) in [6.07, 6.45) is 1.83. The summed E-state index contributed by atoms with van der Waals surface area (Å²) in [6.45, 7) is 2.87. The lowest BCUT2D eigenvalue weighted by molar-refractivity contribution is -0.113. The summed E-state index contributed by atoms with van der Waals surface area (Å²) in [5.41, 5.74) is 0.872. The van der Waals surface area contributed by atoms with Crippen molar-refractivity contribution in [3.8, 4) is 11.5 Å². The number of methoxy groups -OCH3 is 2. The zero-order chi connectivity index (χ0) is 16.2. The van der Waals surface area contributed by atoms with E-state index in [1.54, 1.807) is 14.2 Å². The van der Waals surface area contributed by atoms with Crippen LogP contribution in [-0.4, -0.2) is 56.5 Å². The number of carbonyl (C=O) groups is 1. The van der Waals surface area contributed by atoms with Crippen molar-refractivity contribution in [2.24, 2.45) is 4.99 Å². The monoisotopic (exact) mass is 334 g/mol. The molecule has 0 atom stereocenters. The second kappa shape index (κ2) is 7.06. The molecule has 7 heteroatoms. The highest BCUT2D eigenvalue weighted by atomic mass is 32.2. The molecule has 2 heterocycles. The molecule has 1 saturated heterocycles. The van der Waals surface area contributed by atoms with E-state index in [-0.39, 0.29) is 5.91 Å². The van der Waals surface area contributed by atoms with Gasteiger partial charge in [0.15, 0.2) is 16.7 Å². The number of thioether (sulfide) groups is 1. The number of amidine groups is 1. The number of rotatable bonds is 3. The third-order valence-electron chi connectivity index (χ3n) is 3.60. The predicted molar refractivity (Wildman–Crippen MR) is 89.9 cm³/mol. The van der Waals surface area contributed by atoms with Crippen molar-refractivity contribution in [2.75, 3.05) is 40.5 Å². The molecule has 3 rings (SSSR count). The third-order valence-corrected chi connectivity index (χ3v) is 4.64. The van der Waals surface area contributed by atoms with Crippen molar-refractivity contribution in [1.29, 1.82) is 0 Å². The Bertz CT molecular complexity index is 666. The first-order valence-corrected chi connectivity index (χ1v) is 8.10. The number of aliphatic imine (C=N–C) groups is 1. The first-order valence-electron chi connectivity index (χ1n) is 7.28. The van der Waals surface area contributed by atoms with E-state index in [9.17, 15) is 4.79 Å². The minimum Gasteiger partial charge on any atom is -0.493 e. The summed E-state index contributed by atoms with van der Waals surface area (Å²) in [4.78, 5) is 19.0. The fraction of sp³-hybridized carbons (Fsp3) is 0.375. The lowest BCUT2D eigenvalue weighted by atomic mass is 10.2. The van der Waals surface area contributed by atoms with Crippen LogP contribution in [0.5, 0.6) is 11.5 Å². The molecule has 1 aromatic rings. The third kappa shape index (κ3) is 3.51. The van der Waals surface area contributed by atoms with Crippen molar-refractivity contribution in [2.45, 2.75) is 0 Å². The quantitative estimate of drug-likeness (QED) is 0.788. The van der Waals surface area contributed by atoms with Gasteiger partial charge in [0.1, 0.15) is 0 Å². The van der Waals surface area contributed by atoms with Gasteiger partial charge < -0.3 is 19.1 Å². The average Bonchev–Trinajstić information content (AvgIpc) is 2.96. The standard InChI is InChI=1S/C16H18N2O4S/c1-20-12-4-3-11(9-13(12)21-2)10-14-15(19)17-16(23-14)18-5-7-22-8-6-18/h3-4,9-10H,5-8H2,1-2H3/b14-10-. The molecule has 1 aromatic carbocycles. The Morgan fingerprint density at radius 2 is 1.96 bits per heavy atom. The van der Waals surface area contributed by atoms with Crippen LogP contribution in [0, 0.1) is 0 Å². The lowest BCUT2D eigenvalue weighted by Gasteiger charge is -2.27. The van der Waals surface area contributed by atoms with Gasteiger partial charge in [-0.05, 0) is 35.5 Å². The van der Waals surface area contributed by atoms with Gasteiger partial charge in [0.05, 0.1) is 32.3 Å². The highest BCUT2D eigenvalue weighted by molar-refractivity contribution is 8.18. The van der Waals surface area contributed by atoms with Crippen molar-refractivity contribution in [3.05, 3.63) is 28.7 Å². The van der Waals surface area contributed by atoms with Gasteiger partial charge in [-0.3, -0.25) is 4.79 Å². The fourth-order valence-corrected chi connectivity index (χ4v) is 3.35. The van der Waals surface area contributed by atoms with E-state index < -0.39 is 0 Å². The van der Waals surface area contributed by atoms with Gasteiger partial charge in [-0.25, -0.2) is 0 Å². The summed E-state index contributed by atoms with van der Waals surface area (Å²) in [6, 6.07) is 5.54. The topological polar surface area (TPSA) is 60.4 Å². The molecule has 0 aliphatic carbocycles. The molecular weight excluding hydrogens is 316 g/mol. The van der Waals surface area contributed by atoms with E-state index in [4.69, 9.17) is 14.2 Å². The molecule has 1 amide bonds. The van der Waals surface area contributed by atoms with Crippen LogP contribution in [0.15, 0.2) is 28.1 Å². The minimum absolute atomic E-state index is 0.203. The summed E-state index contributed by atoms with van der Waals surface area (Å²) in [7, 11) is 3.18. The zero-order valence-electron chi connectivity index (χ0n) is 13.1. The molecule has 122 valence electrons. The van der Waals surface area contributed by atoms with E-state index in [2.05, 4.69) is 9.89 Å². The Hall–Kier alpha value is -1.99. The van der Waals surface area contributed by atoms with E-state index in [0.29, 0.717) is 29.6 Å². The van der Waals surface area contributed by atoms with Crippen LogP contribution >= 0.6 is 11.8 Å². The first-order chi connectivity index (χ1) is 11.2. The maximum Gasteiger partial charge on any atom is 0.286 e. The second-order valence-electron chi connectivity index (χ2n) is 5.02. The number of benzene rings is 1. The first kappa shape index (κ1) is 15.9. The molecule has 1 fully saturated rings. The van der Waals surface area contributed by atoms with Crippen LogP contribution in [0.1, 0.15) is 5.56 Å². The molecule has 0 N–H and O–H groups in total. The maximum atomic E-state index is 12.1. The van der Waals surface area contributed by atoms with E-state index in [1.807, 2.05) is 24.3 Å². The Kier molecular flexibility index (Phi) is 4.88. The number of hydrogen-bond acceptors (Lipinski definition) is 6. The Morgan fingerprint density at radius 1 is 1.22 bits per heavy atom. The van der Waals surface area contributed by atoms with Crippen LogP contribution in [0.25, 0.3) is 6.08 Å². The van der Waals surface area contributed by atoms with Crippen molar-refractivity contribution in [1.82, 2.24) is 4.90 Å². The molecule has 0 bridgehead atoms. The zero-order valence-corrected chi connectivity index (χ0v) is 13.9. The van der Waals surface area contributed by atoms with Crippen LogP contribution in [-0.2, 0) is 9.53 Å². The Morgan fingerprint density at radius 3 is 2.65 bits per heavy atom. The Balaban J connectivity index is 1.77. The normalized spacial score (nSPS) is 19.9. The fourth-order valence-electron chi connectivity index (χ4n) is 2.38. The number of nitrogens with zero attached hydrogens (tertiary/aromatic N) is 2. The summed E-state index contributed by atoms with van der Waals surface area (Å²) < 4.78 is 15.8. The number of carbonyl (C=O) groups excluding carboxylic acids is 1. The molecule has 2 aliphatic heterocycles. The highest BCUT2D eigenvalue weighted by Gasteiger charge is 2.27. The summed E-state index contributed by atoms with van der Waals surface area (Å²) in [5.74, 6) is 1.09. The van der Waals surface area contributed by atoms with Crippen molar-refractivity contribution >= 4 is 28.9 Å². The average molecular weight is 334 g/mol. The Labute approximate surface area is 139 Å². The SMILES string of the molecule is COc1ccc(/C=C2\SC(N3CCOCC3)=NC2=O)cc1OC. The lowest BCUT2D eigenvalue weighted by Crippen LogP contribution is -2.38. The minimum atomic E-state index is -0.203. The smallest absolute Gasteiger partial charge is 0.286 e. The maximum absolute atomic E-state index is 12.1.